The van der Waals surface area contributed by atoms with Gasteiger partial charge >= 0.3 is 11.9 Å². The molecule has 0 spiro atoms. The SMILES string of the molecule is O=C(O)CNC1(C(=O)OCc2ccccc2)CCCCC1. The van der Waals surface area contributed by atoms with Crippen molar-refractivity contribution >= 4 is 11.9 Å². The van der Waals surface area contributed by atoms with Crippen molar-refractivity contribution in [3.63, 3.8) is 0 Å². The molecule has 0 saturated heterocycles. The first kappa shape index (κ1) is 15.5. The zero-order valence-corrected chi connectivity index (χ0v) is 12.0. The molecule has 0 radical (unpaired) electrons. The van der Waals surface area contributed by atoms with Crippen molar-refractivity contribution in [1.82, 2.24) is 5.32 Å². The molecule has 0 unspecified atom stereocenters. The summed E-state index contributed by atoms with van der Waals surface area (Å²) >= 11 is 0. The van der Waals surface area contributed by atoms with Crippen LogP contribution in [0, 0.1) is 0 Å². The van der Waals surface area contributed by atoms with Crippen LogP contribution in [0.4, 0.5) is 0 Å². The van der Waals surface area contributed by atoms with Gasteiger partial charge in [0, 0.05) is 0 Å². The molecule has 1 aliphatic carbocycles. The maximum Gasteiger partial charge on any atom is 0.326 e. The van der Waals surface area contributed by atoms with Crippen molar-refractivity contribution < 1.29 is 19.4 Å². The van der Waals surface area contributed by atoms with Crippen LogP contribution in [-0.2, 0) is 20.9 Å². The smallest absolute Gasteiger partial charge is 0.326 e. The van der Waals surface area contributed by atoms with Crippen LogP contribution in [0.2, 0.25) is 0 Å². The van der Waals surface area contributed by atoms with Gasteiger partial charge in [0.05, 0.1) is 6.54 Å². The molecule has 114 valence electrons. The Morgan fingerprint density at radius 2 is 1.81 bits per heavy atom. The highest BCUT2D eigenvalue weighted by Gasteiger charge is 2.40. The minimum Gasteiger partial charge on any atom is -0.480 e. The molecule has 1 aliphatic rings. The third-order valence-corrected chi connectivity index (χ3v) is 3.89. The highest BCUT2D eigenvalue weighted by atomic mass is 16.5. The van der Waals surface area contributed by atoms with Crippen molar-refractivity contribution in [2.24, 2.45) is 0 Å². The topological polar surface area (TPSA) is 75.6 Å². The lowest BCUT2D eigenvalue weighted by Gasteiger charge is -2.35. The molecule has 0 heterocycles. The number of carbonyl (C=O) groups excluding carboxylic acids is 1. The molecule has 5 nitrogen and oxygen atoms in total. The molecule has 21 heavy (non-hydrogen) atoms. The van der Waals surface area contributed by atoms with Gasteiger partial charge in [0.1, 0.15) is 12.1 Å². The lowest BCUT2D eigenvalue weighted by atomic mass is 9.81. The quantitative estimate of drug-likeness (QED) is 0.785. The number of aliphatic carboxylic acids is 1. The second-order valence-corrected chi connectivity index (χ2v) is 5.45. The zero-order chi connectivity index (χ0) is 15.1. The number of carbonyl (C=O) groups is 2. The van der Waals surface area contributed by atoms with Crippen molar-refractivity contribution in [1.29, 1.82) is 0 Å². The first-order valence-corrected chi connectivity index (χ1v) is 7.30. The molecule has 1 aromatic rings. The summed E-state index contributed by atoms with van der Waals surface area (Å²) < 4.78 is 5.41. The van der Waals surface area contributed by atoms with Crippen molar-refractivity contribution in [3.8, 4) is 0 Å². The number of ether oxygens (including phenoxy) is 1. The van der Waals surface area contributed by atoms with E-state index in [0.29, 0.717) is 12.8 Å². The van der Waals surface area contributed by atoms with E-state index in [4.69, 9.17) is 9.84 Å². The first-order chi connectivity index (χ1) is 10.1. The van der Waals surface area contributed by atoms with Crippen LogP contribution >= 0.6 is 0 Å². The largest absolute Gasteiger partial charge is 0.480 e. The maximum atomic E-state index is 12.4. The van der Waals surface area contributed by atoms with E-state index in [2.05, 4.69) is 5.32 Å². The summed E-state index contributed by atoms with van der Waals surface area (Å²) in [5.41, 5.74) is 0.0841. The molecule has 5 heteroatoms. The Balaban J connectivity index is 1.98. The van der Waals surface area contributed by atoms with Crippen LogP contribution in [0.25, 0.3) is 0 Å². The molecule has 0 aliphatic heterocycles. The number of carboxylic acids is 1. The Kier molecular flexibility index (Phi) is 5.33. The van der Waals surface area contributed by atoms with E-state index in [1.165, 1.54) is 0 Å². The Bertz CT molecular complexity index is 480. The summed E-state index contributed by atoms with van der Waals surface area (Å²) in [5.74, 6) is -1.30. The number of benzene rings is 1. The Hall–Kier alpha value is -1.88. The Morgan fingerprint density at radius 3 is 2.43 bits per heavy atom. The van der Waals surface area contributed by atoms with Crippen LogP contribution in [0.15, 0.2) is 30.3 Å². The monoisotopic (exact) mass is 291 g/mol. The summed E-state index contributed by atoms with van der Waals surface area (Å²) in [6, 6.07) is 9.48. The van der Waals surface area contributed by atoms with Crippen LogP contribution < -0.4 is 5.32 Å². The predicted molar refractivity (Wildman–Crippen MR) is 77.7 cm³/mol. The molecule has 0 amide bonds. The van der Waals surface area contributed by atoms with Crippen LogP contribution in [0.1, 0.15) is 37.7 Å². The zero-order valence-electron chi connectivity index (χ0n) is 12.0. The standard InChI is InChI=1S/C16H21NO4/c18-14(19)11-17-16(9-5-2-6-10-16)15(20)21-12-13-7-3-1-4-8-13/h1,3-4,7-8,17H,2,5-6,9-12H2,(H,18,19). The number of esters is 1. The van der Waals surface area contributed by atoms with Crippen molar-refractivity contribution in [3.05, 3.63) is 35.9 Å². The molecule has 1 fully saturated rings. The minimum absolute atomic E-state index is 0.218. The van der Waals surface area contributed by atoms with Gasteiger partial charge in [0.2, 0.25) is 0 Å². The van der Waals surface area contributed by atoms with E-state index in [1.54, 1.807) is 0 Å². The second kappa shape index (κ2) is 7.22. The fraction of sp³-hybridized carbons (Fsp3) is 0.500. The third-order valence-electron chi connectivity index (χ3n) is 3.89. The molecule has 0 aromatic heterocycles. The highest BCUT2D eigenvalue weighted by Crippen LogP contribution is 2.29. The van der Waals surface area contributed by atoms with Gasteiger partial charge in [0.25, 0.3) is 0 Å². The normalized spacial score (nSPS) is 17.1. The Labute approximate surface area is 124 Å². The van der Waals surface area contributed by atoms with Crippen LogP contribution in [0.5, 0.6) is 0 Å². The molecular formula is C16H21NO4. The average Bonchev–Trinajstić information content (AvgIpc) is 2.52. The van der Waals surface area contributed by atoms with E-state index in [9.17, 15) is 9.59 Å². The summed E-state index contributed by atoms with van der Waals surface area (Å²) in [5, 5.41) is 11.7. The number of carboxylic acid groups (broad SMARTS) is 1. The minimum atomic E-state index is -0.962. The Morgan fingerprint density at radius 1 is 1.14 bits per heavy atom. The fourth-order valence-electron chi connectivity index (χ4n) is 2.71. The predicted octanol–water partition coefficient (Wildman–Crippen LogP) is 2.11. The number of hydrogen-bond donors (Lipinski definition) is 2. The molecule has 2 rings (SSSR count). The number of rotatable bonds is 6. The van der Waals surface area contributed by atoms with E-state index < -0.39 is 11.5 Å². The number of nitrogens with one attached hydrogen (secondary N) is 1. The maximum absolute atomic E-state index is 12.4. The summed E-state index contributed by atoms with van der Waals surface area (Å²) in [7, 11) is 0. The van der Waals surface area contributed by atoms with Gasteiger partial charge in [-0.2, -0.15) is 0 Å². The first-order valence-electron chi connectivity index (χ1n) is 7.30. The number of hydrogen-bond acceptors (Lipinski definition) is 4. The fourth-order valence-corrected chi connectivity index (χ4v) is 2.71. The van der Waals surface area contributed by atoms with Gasteiger partial charge < -0.3 is 9.84 Å². The van der Waals surface area contributed by atoms with E-state index in [0.717, 1.165) is 24.8 Å². The van der Waals surface area contributed by atoms with Crippen molar-refractivity contribution in [2.45, 2.75) is 44.2 Å². The lowest BCUT2D eigenvalue weighted by Crippen LogP contribution is -2.55. The van der Waals surface area contributed by atoms with Gasteiger partial charge in [-0.1, -0.05) is 49.6 Å². The van der Waals surface area contributed by atoms with E-state index in [1.807, 2.05) is 30.3 Å². The third kappa shape index (κ3) is 4.29. The van der Waals surface area contributed by atoms with Crippen LogP contribution in [0.3, 0.4) is 0 Å². The van der Waals surface area contributed by atoms with Crippen molar-refractivity contribution in [2.75, 3.05) is 6.54 Å². The van der Waals surface area contributed by atoms with Gasteiger partial charge in [-0.25, -0.2) is 0 Å². The van der Waals surface area contributed by atoms with Gasteiger partial charge in [-0.3, -0.25) is 14.9 Å². The molecule has 1 saturated carbocycles. The van der Waals surface area contributed by atoms with Crippen LogP contribution in [-0.4, -0.2) is 29.1 Å². The van der Waals surface area contributed by atoms with Gasteiger partial charge in [0.15, 0.2) is 0 Å². The van der Waals surface area contributed by atoms with E-state index >= 15 is 0 Å². The summed E-state index contributed by atoms with van der Waals surface area (Å²) in [6.45, 7) is -0.00336. The molecular weight excluding hydrogens is 270 g/mol. The second-order valence-electron chi connectivity index (χ2n) is 5.45. The molecule has 1 aromatic carbocycles. The van der Waals surface area contributed by atoms with Gasteiger partial charge in [-0.15, -0.1) is 0 Å². The average molecular weight is 291 g/mol. The highest BCUT2D eigenvalue weighted by molar-refractivity contribution is 5.82. The summed E-state index contributed by atoms with van der Waals surface area (Å²) in [6.07, 6.45) is 4.16. The summed E-state index contributed by atoms with van der Waals surface area (Å²) in [4.78, 5) is 23.2. The van der Waals surface area contributed by atoms with Gasteiger partial charge in [-0.05, 0) is 18.4 Å². The molecule has 0 atom stereocenters. The lowest BCUT2D eigenvalue weighted by molar-refractivity contribution is -0.155. The molecule has 0 bridgehead atoms. The molecule has 2 N–H and O–H groups in total. The van der Waals surface area contributed by atoms with E-state index in [-0.39, 0.29) is 19.1 Å².